The van der Waals surface area contributed by atoms with Crippen molar-refractivity contribution in [2.75, 3.05) is 20.1 Å². The van der Waals surface area contributed by atoms with E-state index in [-0.39, 0.29) is 0 Å². The molecule has 0 spiro atoms. The van der Waals surface area contributed by atoms with E-state index in [1.165, 1.54) is 44.5 Å². The van der Waals surface area contributed by atoms with Crippen LogP contribution < -0.4 is 0 Å². The van der Waals surface area contributed by atoms with Gasteiger partial charge in [-0.1, -0.05) is 30.3 Å². The Hall–Kier alpha value is -2.43. The summed E-state index contributed by atoms with van der Waals surface area (Å²) in [6.07, 6.45) is 9.00. The Morgan fingerprint density at radius 2 is 1.79 bits per heavy atom. The molecule has 1 fully saturated rings. The van der Waals surface area contributed by atoms with E-state index in [4.69, 9.17) is 0 Å². The van der Waals surface area contributed by atoms with Crippen molar-refractivity contribution < 1.29 is 0 Å². The van der Waals surface area contributed by atoms with Crippen molar-refractivity contribution in [1.29, 1.82) is 0 Å². The Labute approximate surface area is 173 Å². The minimum absolute atomic E-state index is 0.611. The molecule has 5 rings (SSSR count). The highest BCUT2D eigenvalue weighted by molar-refractivity contribution is 5.33. The number of fused-ring (bicyclic) bond motifs is 1. The van der Waals surface area contributed by atoms with Gasteiger partial charge in [0.25, 0.3) is 0 Å². The summed E-state index contributed by atoms with van der Waals surface area (Å²) in [6, 6.07) is 20.7. The Morgan fingerprint density at radius 3 is 2.55 bits per heavy atom. The van der Waals surface area contributed by atoms with Crippen LogP contribution in [0.1, 0.15) is 29.7 Å². The number of likely N-dealkylation sites (tertiary alicyclic amines) is 1. The summed E-state index contributed by atoms with van der Waals surface area (Å²) in [5.41, 5.74) is 4.42. The maximum Gasteiger partial charge on any atom is 0.136 e. The molecule has 150 valence electrons. The number of nitrogens with zero attached hydrogens (tertiary/aromatic N) is 4. The molecule has 1 saturated heterocycles. The third-order valence-corrected chi connectivity index (χ3v) is 6.74. The van der Waals surface area contributed by atoms with Crippen LogP contribution in [0.15, 0.2) is 67.0 Å². The van der Waals surface area contributed by atoms with Crippen LogP contribution in [0.3, 0.4) is 0 Å². The molecule has 4 nitrogen and oxygen atoms in total. The highest BCUT2D eigenvalue weighted by atomic mass is 15.2. The molecule has 29 heavy (non-hydrogen) atoms. The van der Waals surface area contributed by atoms with Gasteiger partial charge in [0.1, 0.15) is 5.82 Å². The average molecular weight is 387 g/mol. The second kappa shape index (κ2) is 8.13. The van der Waals surface area contributed by atoms with Gasteiger partial charge in [0.15, 0.2) is 0 Å². The van der Waals surface area contributed by atoms with Gasteiger partial charge < -0.3 is 4.57 Å². The largest absolute Gasteiger partial charge is 0.304 e. The number of pyridine rings is 1. The first-order chi connectivity index (χ1) is 14.3. The van der Waals surface area contributed by atoms with E-state index in [1.807, 2.05) is 12.3 Å². The van der Waals surface area contributed by atoms with Crippen molar-refractivity contribution in [3.8, 4) is 5.82 Å². The Kier molecular flexibility index (Phi) is 5.21. The molecule has 0 amide bonds. The third kappa shape index (κ3) is 3.87. The SMILES string of the molecule is CN(Cc1cccn1-c1ccccn1)[C@H]1CCCN(C2Cc3ccccc3C2)C1. The van der Waals surface area contributed by atoms with Crippen LogP contribution in [-0.4, -0.2) is 51.6 Å². The van der Waals surface area contributed by atoms with Crippen molar-refractivity contribution in [3.63, 3.8) is 0 Å². The normalized spacial score (nSPS) is 20.3. The zero-order valence-corrected chi connectivity index (χ0v) is 17.2. The third-order valence-electron chi connectivity index (χ3n) is 6.74. The van der Waals surface area contributed by atoms with Crippen LogP contribution in [0, 0.1) is 0 Å². The van der Waals surface area contributed by atoms with Gasteiger partial charge in [0, 0.05) is 43.3 Å². The number of likely N-dealkylation sites (N-methyl/N-ethyl adjacent to an activating group) is 1. The fraction of sp³-hybridized carbons (Fsp3) is 0.400. The molecule has 3 aromatic rings. The van der Waals surface area contributed by atoms with Crippen molar-refractivity contribution in [1.82, 2.24) is 19.4 Å². The van der Waals surface area contributed by atoms with E-state index in [0.29, 0.717) is 12.1 Å². The van der Waals surface area contributed by atoms with E-state index in [0.717, 1.165) is 12.4 Å². The Balaban J connectivity index is 1.25. The first-order valence-electron chi connectivity index (χ1n) is 10.9. The monoisotopic (exact) mass is 386 g/mol. The molecule has 2 aromatic heterocycles. The van der Waals surface area contributed by atoms with Crippen LogP contribution in [0.25, 0.3) is 5.82 Å². The van der Waals surface area contributed by atoms with E-state index in [9.17, 15) is 0 Å². The summed E-state index contributed by atoms with van der Waals surface area (Å²) in [7, 11) is 2.29. The molecule has 3 heterocycles. The Bertz CT molecular complexity index is 923. The lowest BCUT2D eigenvalue weighted by molar-refractivity contribution is 0.0827. The maximum atomic E-state index is 4.52. The van der Waals surface area contributed by atoms with E-state index < -0.39 is 0 Å². The van der Waals surface area contributed by atoms with E-state index in [1.54, 1.807) is 11.1 Å². The van der Waals surface area contributed by atoms with Crippen molar-refractivity contribution >= 4 is 0 Å². The lowest BCUT2D eigenvalue weighted by atomic mass is 10.0. The second-order valence-electron chi connectivity index (χ2n) is 8.59. The first kappa shape index (κ1) is 18.6. The number of aromatic nitrogens is 2. The number of rotatable bonds is 5. The van der Waals surface area contributed by atoms with Gasteiger partial charge in [0.2, 0.25) is 0 Å². The molecule has 0 bridgehead atoms. The van der Waals surface area contributed by atoms with Gasteiger partial charge in [-0.2, -0.15) is 0 Å². The van der Waals surface area contributed by atoms with Gasteiger partial charge >= 0.3 is 0 Å². The summed E-state index contributed by atoms with van der Waals surface area (Å²) in [5, 5.41) is 0. The second-order valence-corrected chi connectivity index (χ2v) is 8.59. The predicted molar refractivity (Wildman–Crippen MR) is 117 cm³/mol. The summed E-state index contributed by atoms with van der Waals surface area (Å²) >= 11 is 0. The zero-order valence-electron chi connectivity index (χ0n) is 17.2. The summed E-state index contributed by atoms with van der Waals surface area (Å²) in [4.78, 5) is 9.82. The fourth-order valence-electron chi connectivity index (χ4n) is 5.12. The molecular formula is C25H30N4. The summed E-state index contributed by atoms with van der Waals surface area (Å²) in [5.74, 6) is 0.995. The van der Waals surface area contributed by atoms with Crippen molar-refractivity contribution in [3.05, 3.63) is 83.8 Å². The molecule has 0 saturated carbocycles. The van der Waals surface area contributed by atoms with Crippen molar-refractivity contribution in [2.24, 2.45) is 0 Å². The van der Waals surface area contributed by atoms with Crippen LogP contribution >= 0.6 is 0 Å². The number of piperidine rings is 1. The lowest BCUT2D eigenvalue weighted by Gasteiger charge is -2.40. The van der Waals surface area contributed by atoms with Gasteiger partial charge in [0.05, 0.1) is 0 Å². The Morgan fingerprint density at radius 1 is 1.00 bits per heavy atom. The van der Waals surface area contributed by atoms with E-state index in [2.05, 4.69) is 81.1 Å². The first-order valence-corrected chi connectivity index (χ1v) is 10.9. The highest BCUT2D eigenvalue weighted by Gasteiger charge is 2.31. The minimum Gasteiger partial charge on any atom is -0.304 e. The summed E-state index contributed by atoms with van der Waals surface area (Å²) < 4.78 is 2.21. The molecule has 0 N–H and O–H groups in total. The van der Waals surface area contributed by atoms with E-state index >= 15 is 0 Å². The molecule has 1 aromatic carbocycles. The molecule has 1 atom stereocenters. The van der Waals surface area contributed by atoms with Gasteiger partial charge in [-0.25, -0.2) is 4.98 Å². The molecule has 1 aliphatic carbocycles. The smallest absolute Gasteiger partial charge is 0.136 e. The molecule has 2 aliphatic rings. The van der Waals surface area contributed by atoms with Crippen molar-refractivity contribution in [2.45, 2.75) is 44.3 Å². The highest BCUT2D eigenvalue weighted by Crippen LogP contribution is 2.28. The van der Waals surface area contributed by atoms with Crippen LogP contribution in [0.4, 0.5) is 0 Å². The molecule has 1 aliphatic heterocycles. The topological polar surface area (TPSA) is 24.3 Å². The van der Waals surface area contributed by atoms with Crippen LogP contribution in [0.5, 0.6) is 0 Å². The maximum absolute atomic E-state index is 4.52. The summed E-state index contributed by atoms with van der Waals surface area (Å²) in [6.45, 7) is 3.37. The number of hydrogen-bond acceptors (Lipinski definition) is 3. The van der Waals surface area contributed by atoms with Gasteiger partial charge in [-0.05, 0) is 74.7 Å². The molecule has 0 unspecified atom stereocenters. The molecule has 0 radical (unpaired) electrons. The quantitative estimate of drug-likeness (QED) is 0.664. The van der Waals surface area contributed by atoms with Gasteiger partial charge in [-0.3, -0.25) is 9.80 Å². The molecular weight excluding hydrogens is 356 g/mol. The fourth-order valence-corrected chi connectivity index (χ4v) is 5.12. The average Bonchev–Trinajstić information content (AvgIpc) is 3.41. The predicted octanol–water partition coefficient (Wildman–Crippen LogP) is 3.94. The van der Waals surface area contributed by atoms with Crippen LogP contribution in [0.2, 0.25) is 0 Å². The molecule has 4 heteroatoms. The zero-order chi connectivity index (χ0) is 19.6. The van der Waals surface area contributed by atoms with Gasteiger partial charge in [-0.15, -0.1) is 0 Å². The lowest BCUT2D eigenvalue weighted by Crippen LogP contribution is -2.50. The number of benzene rings is 1. The number of hydrogen-bond donors (Lipinski definition) is 0. The minimum atomic E-state index is 0.611. The standard InChI is InChI=1S/C25H30N4/c1-27(18-23-11-7-15-29(23)25-12-4-5-13-26-25)22-10-6-14-28(19-22)24-16-20-8-2-3-9-21(20)17-24/h2-5,7-9,11-13,15,22,24H,6,10,14,16-19H2,1H3/t22-/m0/s1. The van der Waals surface area contributed by atoms with Crippen LogP contribution in [-0.2, 0) is 19.4 Å².